The minimum absolute atomic E-state index is 0.763. The summed E-state index contributed by atoms with van der Waals surface area (Å²) >= 11 is 7.19. The summed E-state index contributed by atoms with van der Waals surface area (Å²) < 4.78 is 1.32. The zero-order chi connectivity index (χ0) is 9.80. The quantitative estimate of drug-likeness (QED) is 0.827. The second-order valence-electron chi connectivity index (χ2n) is 2.92. The molecule has 0 unspecified atom stereocenters. The van der Waals surface area contributed by atoms with Crippen molar-refractivity contribution in [3.8, 4) is 0 Å². The van der Waals surface area contributed by atoms with Crippen molar-refractivity contribution < 1.29 is 0 Å². The van der Waals surface area contributed by atoms with Crippen LogP contribution in [0, 0.1) is 0 Å². The van der Waals surface area contributed by atoms with Gasteiger partial charge in [0.05, 0.1) is 0 Å². The third kappa shape index (κ3) is 2.08. The molecule has 1 heterocycles. The molecule has 0 aliphatic rings. The number of hydrogen-bond acceptors (Lipinski definition) is 2. The molecule has 14 heavy (non-hydrogen) atoms. The first-order chi connectivity index (χ1) is 6.90. The van der Waals surface area contributed by atoms with E-state index in [0.29, 0.717) is 0 Å². The number of benzene rings is 1. The number of hydrogen-bond donors (Lipinski definition) is 1. The van der Waals surface area contributed by atoms with E-state index in [1.807, 2.05) is 6.08 Å². The summed E-state index contributed by atoms with van der Waals surface area (Å²) in [6.45, 7) is 0.763. The molecular weight excluding hydrogens is 214 g/mol. The maximum Gasteiger partial charge on any atom is 0.0349 e. The highest BCUT2D eigenvalue weighted by molar-refractivity contribution is 7.17. The minimum Gasteiger partial charge on any atom is -0.382 e. The van der Waals surface area contributed by atoms with Gasteiger partial charge in [-0.15, -0.1) is 11.3 Å². The largest absolute Gasteiger partial charge is 0.382 e. The van der Waals surface area contributed by atoms with Gasteiger partial charge in [-0.05, 0) is 35.0 Å². The molecule has 1 nitrogen and oxygen atoms in total. The molecular formula is C11H10ClNS. The lowest BCUT2D eigenvalue weighted by molar-refractivity contribution is 1.35. The average Bonchev–Trinajstić information content (AvgIpc) is 2.65. The van der Waals surface area contributed by atoms with Crippen LogP contribution in [0.25, 0.3) is 10.1 Å². The second kappa shape index (κ2) is 4.49. The standard InChI is InChI=1S/C11H10ClNS/c12-5-1-6-13-10-2-3-11-9(8-10)4-7-14-11/h1-5,7-8,13H,6H2/b5-1+. The molecule has 0 saturated heterocycles. The number of fused-ring (bicyclic) bond motifs is 1. The Morgan fingerprint density at radius 3 is 3.14 bits per heavy atom. The van der Waals surface area contributed by atoms with E-state index in [0.717, 1.165) is 12.2 Å². The Morgan fingerprint density at radius 2 is 2.29 bits per heavy atom. The molecule has 1 aromatic heterocycles. The van der Waals surface area contributed by atoms with Crippen molar-refractivity contribution in [2.45, 2.75) is 0 Å². The van der Waals surface area contributed by atoms with Gasteiger partial charge >= 0.3 is 0 Å². The van der Waals surface area contributed by atoms with Crippen LogP contribution in [-0.2, 0) is 0 Å². The maximum atomic E-state index is 5.43. The average molecular weight is 224 g/mol. The molecule has 0 amide bonds. The number of rotatable bonds is 3. The van der Waals surface area contributed by atoms with Crippen molar-refractivity contribution in [2.24, 2.45) is 0 Å². The lowest BCUT2D eigenvalue weighted by atomic mass is 10.2. The van der Waals surface area contributed by atoms with E-state index in [1.165, 1.54) is 15.6 Å². The molecule has 1 aromatic carbocycles. The third-order valence-electron chi connectivity index (χ3n) is 1.97. The zero-order valence-electron chi connectivity index (χ0n) is 7.53. The van der Waals surface area contributed by atoms with Crippen molar-refractivity contribution in [3.63, 3.8) is 0 Å². The van der Waals surface area contributed by atoms with Crippen LogP contribution in [0.15, 0.2) is 41.3 Å². The summed E-state index contributed by atoms with van der Waals surface area (Å²) in [5.41, 5.74) is 2.65. The van der Waals surface area contributed by atoms with Crippen molar-refractivity contribution in [1.29, 1.82) is 0 Å². The Kier molecular flexibility index (Phi) is 3.07. The molecule has 0 atom stereocenters. The maximum absolute atomic E-state index is 5.43. The van der Waals surface area contributed by atoms with Gasteiger partial charge in [0.25, 0.3) is 0 Å². The Balaban J connectivity index is 2.17. The van der Waals surface area contributed by atoms with Gasteiger partial charge in [-0.3, -0.25) is 0 Å². The summed E-state index contributed by atoms with van der Waals surface area (Å²) in [6, 6.07) is 8.49. The predicted octanol–water partition coefficient (Wildman–Crippen LogP) is 4.07. The van der Waals surface area contributed by atoms with Crippen LogP contribution in [0.1, 0.15) is 0 Å². The highest BCUT2D eigenvalue weighted by atomic mass is 35.5. The number of thiophene rings is 1. The first-order valence-corrected chi connectivity index (χ1v) is 5.68. The first-order valence-electron chi connectivity index (χ1n) is 4.36. The smallest absolute Gasteiger partial charge is 0.0349 e. The lowest BCUT2D eigenvalue weighted by Crippen LogP contribution is -1.96. The number of halogens is 1. The van der Waals surface area contributed by atoms with E-state index in [9.17, 15) is 0 Å². The van der Waals surface area contributed by atoms with E-state index >= 15 is 0 Å². The molecule has 3 heteroatoms. The molecule has 0 bridgehead atoms. The molecule has 2 rings (SSSR count). The minimum atomic E-state index is 0.763. The molecule has 1 N–H and O–H groups in total. The Hall–Kier alpha value is -0.990. The normalized spacial score (nSPS) is 11.2. The third-order valence-corrected chi connectivity index (χ3v) is 3.04. The zero-order valence-corrected chi connectivity index (χ0v) is 9.11. The topological polar surface area (TPSA) is 12.0 Å². The van der Waals surface area contributed by atoms with Gasteiger partial charge in [0, 0.05) is 22.5 Å². The van der Waals surface area contributed by atoms with Crippen LogP contribution in [0.3, 0.4) is 0 Å². The van der Waals surface area contributed by atoms with E-state index < -0.39 is 0 Å². The summed E-state index contributed by atoms with van der Waals surface area (Å²) in [6.07, 6.45) is 1.87. The fourth-order valence-electron chi connectivity index (χ4n) is 1.30. The van der Waals surface area contributed by atoms with Crippen LogP contribution in [0.2, 0.25) is 0 Å². The summed E-state index contributed by atoms with van der Waals surface area (Å²) in [7, 11) is 0. The van der Waals surface area contributed by atoms with Gasteiger partial charge in [-0.1, -0.05) is 17.7 Å². The van der Waals surface area contributed by atoms with Crippen LogP contribution >= 0.6 is 22.9 Å². The number of nitrogens with one attached hydrogen (secondary N) is 1. The SMILES string of the molecule is Cl/C=C/CNc1ccc2sccc2c1. The number of anilines is 1. The monoisotopic (exact) mass is 223 g/mol. The van der Waals surface area contributed by atoms with Crippen LogP contribution < -0.4 is 5.32 Å². The van der Waals surface area contributed by atoms with E-state index in [4.69, 9.17) is 11.6 Å². The van der Waals surface area contributed by atoms with Crippen LogP contribution in [0.5, 0.6) is 0 Å². The fourth-order valence-corrected chi connectivity index (χ4v) is 2.16. The molecule has 0 aliphatic carbocycles. The predicted molar refractivity (Wildman–Crippen MR) is 65.3 cm³/mol. The van der Waals surface area contributed by atoms with Gasteiger partial charge in [0.2, 0.25) is 0 Å². The highest BCUT2D eigenvalue weighted by Gasteiger charge is 1.95. The van der Waals surface area contributed by atoms with Gasteiger partial charge in [-0.25, -0.2) is 0 Å². The van der Waals surface area contributed by atoms with Gasteiger partial charge in [0.1, 0.15) is 0 Å². The fraction of sp³-hybridized carbons (Fsp3) is 0.0909. The Morgan fingerprint density at radius 1 is 1.36 bits per heavy atom. The molecule has 0 fully saturated rings. The van der Waals surface area contributed by atoms with Crippen molar-refractivity contribution in [2.75, 3.05) is 11.9 Å². The Bertz CT molecular complexity index is 447. The summed E-state index contributed by atoms with van der Waals surface area (Å²) in [5.74, 6) is 0. The molecule has 0 radical (unpaired) electrons. The molecule has 72 valence electrons. The second-order valence-corrected chi connectivity index (χ2v) is 4.12. The highest BCUT2D eigenvalue weighted by Crippen LogP contribution is 2.23. The summed E-state index contributed by atoms with van der Waals surface area (Å²) in [5, 5.41) is 6.65. The van der Waals surface area contributed by atoms with Crippen LogP contribution in [-0.4, -0.2) is 6.54 Å². The van der Waals surface area contributed by atoms with Crippen molar-refractivity contribution in [1.82, 2.24) is 0 Å². The van der Waals surface area contributed by atoms with Gasteiger partial charge in [-0.2, -0.15) is 0 Å². The molecule has 0 saturated carbocycles. The van der Waals surface area contributed by atoms with Gasteiger partial charge < -0.3 is 5.32 Å². The Labute approximate surface area is 92.0 Å². The van der Waals surface area contributed by atoms with Crippen LogP contribution in [0.4, 0.5) is 5.69 Å². The van der Waals surface area contributed by atoms with Gasteiger partial charge in [0.15, 0.2) is 0 Å². The van der Waals surface area contributed by atoms with E-state index in [2.05, 4.69) is 35.0 Å². The molecule has 0 spiro atoms. The molecule has 0 aliphatic heterocycles. The first kappa shape index (κ1) is 9.56. The van der Waals surface area contributed by atoms with E-state index in [-0.39, 0.29) is 0 Å². The van der Waals surface area contributed by atoms with Crippen molar-refractivity contribution in [3.05, 3.63) is 41.3 Å². The summed E-state index contributed by atoms with van der Waals surface area (Å²) in [4.78, 5) is 0. The lowest BCUT2D eigenvalue weighted by Gasteiger charge is -2.02. The van der Waals surface area contributed by atoms with E-state index in [1.54, 1.807) is 11.3 Å². The van der Waals surface area contributed by atoms with Crippen molar-refractivity contribution >= 4 is 38.7 Å². The molecule has 2 aromatic rings.